The first-order valence-electron chi connectivity index (χ1n) is 7.85. The molecule has 25 heavy (non-hydrogen) atoms. The predicted octanol–water partition coefficient (Wildman–Crippen LogP) is 3.99. The molecule has 0 saturated carbocycles. The summed E-state index contributed by atoms with van der Waals surface area (Å²) in [5, 5.41) is 0. The van der Waals surface area contributed by atoms with E-state index in [1.54, 1.807) is 31.2 Å². The first-order valence-corrected chi connectivity index (χ1v) is 9.34. The zero-order chi connectivity index (χ0) is 17.9. The molecule has 0 amide bonds. The molecular weight excluding hydrogens is 334 g/mol. The number of hydrogen-bond donors (Lipinski definition) is 1. The zero-order valence-corrected chi connectivity index (χ0v) is 14.7. The zero-order valence-electron chi connectivity index (χ0n) is 13.8. The fraction of sp³-hybridized carbons (Fsp3) is 0.100. The number of anilines is 1. The van der Waals surface area contributed by atoms with Gasteiger partial charge in [0.15, 0.2) is 0 Å². The van der Waals surface area contributed by atoms with Gasteiger partial charge in [-0.25, -0.2) is 8.42 Å². The summed E-state index contributed by atoms with van der Waals surface area (Å²) in [7, 11) is -3.63. The second-order valence-corrected chi connectivity index (χ2v) is 7.66. The highest BCUT2D eigenvalue weighted by atomic mass is 32.2. The number of nitrogen functional groups attached to an aromatic ring is 1. The number of hydrogen-bond acceptors (Lipinski definition) is 4. The van der Waals surface area contributed by atoms with Crippen LogP contribution in [0.3, 0.4) is 0 Å². The molecular formula is C20H19NO3S. The smallest absolute Gasteiger partial charge is 0.206 e. The molecule has 3 rings (SSSR count). The molecule has 0 atom stereocenters. The van der Waals surface area contributed by atoms with Gasteiger partial charge in [-0.15, -0.1) is 0 Å². The Bertz CT molecular complexity index is 983. The molecule has 0 radical (unpaired) electrons. The number of benzene rings is 3. The van der Waals surface area contributed by atoms with Crippen molar-refractivity contribution in [2.75, 3.05) is 5.73 Å². The highest BCUT2D eigenvalue weighted by molar-refractivity contribution is 7.91. The molecule has 0 aliphatic heterocycles. The molecule has 0 unspecified atom stereocenters. The van der Waals surface area contributed by atoms with Gasteiger partial charge in [-0.05, 0) is 36.2 Å². The first-order chi connectivity index (χ1) is 12.0. The van der Waals surface area contributed by atoms with Crippen molar-refractivity contribution in [3.63, 3.8) is 0 Å². The number of sulfone groups is 1. The lowest BCUT2D eigenvalue weighted by Crippen LogP contribution is -2.06. The summed E-state index contributed by atoms with van der Waals surface area (Å²) in [6.07, 6.45) is 0. The highest BCUT2D eigenvalue weighted by Crippen LogP contribution is 2.30. The Morgan fingerprint density at radius 3 is 2.32 bits per heavy atom. The van der Waals surface area contributed by atoms with Gasteiger partial charge in [0.2, 0.25) is 9.84 Å². The Morgan fingerprint density at radius 1 is 0.920 bits per heavy atom. The molecule has 0 aromatic heterocycles. The normalized spacial score (nSPS) is 11.2. The minimum atomic E-state index is -3.63. The average molecular weight is 353 g/mol. The van der Waals surface area contributed by atoms with Crippen molar-refractivity contribution >= 4 is 15.5 Å². The van der Waals surface area contributed by atoms with E-state index in [9.17, 15) is 8.42 Å². The average Bonchev–Trinajstić information content (AvgIpc) is 2.62. The maximum absolute atomic E-state index is 12.9. The molecule has 0 saturated heterocycles. The van der Waals surface area contributed by atoms with Crippen LogP contribution in [0.4, 0.5) is 5.69 Å². The summed E-state index contributed by atoms with van der Waals surface area (Å²) in [6, 6.07) is 21.1. The molecule has 2 N–H and O–H groups in total. The van der Waals surface area contributed by atoms with Gasteiger partial charge in [0.25, 0.3) is 0 Å². The van der Waals surface area contributed by atoms with Crippen LogP contribution in [0.25, 0.3) is 0 Å². The number of ether oxygens (including phenoxy) is 1. The van der Waals surface area contributed by atoms with Gasteiger partial charge in [0.1, 0.15) is 12.4 Å². The minimum Gasteiger partial charge on any atom is -0.487 e. The van der Waals surface area contributed by atoms with Crippen LogP contribution in [0.2, 0.25) is 0 Å². The fourth-order valence-corrected chi connectivity index (χ4v) is 4.04. The second kappa shape index (κ2) is 6.99. The standard InChI is InChI=1S/C20H19NO3S/c1-15-7-5-6-10-20(15)25(22,23)17-11-12-18(21)19(13-17)24-14-16-8-3-2-4-9-16/h2-13H,14,21H2,1H3. The lowest BCUT2D eigenvalue weighted by Gasteiger charge is -2.12. The number of aryl methyl sites for hydroxylation is 1. The van der Waals surface area contributed by atoms with Gasteiger partial charge >= 0.3 is 0 Å². The van der Waals surface area contributed by atoms with Gasteiger partial charge in [-0.3, -0.25) is 0 Å². The van der Waals surface area contributed by atoms with Crippen LogP contribution in [0.15, 0.2) is 82.6 Å². The largest absolute Gasteiger partial charge is 0.487 e. The Labute approximate surface area is 147 Å². The van der Waals surface area contributed by atoms with Crippen LogP contribution >= 0.6 is 0 Å². The molecule has 0 aliphatic rings. The molecule has 0 aliphatic carbocycles. The maximum atomic E-state index is 12.9. The van der Waals surface area contributed by atoms with Gasteiger partial charge in [-0.2, -0.15) is 0 Å². The molecule has 0 fully saturated rings. The summed E-state index contributed by atoms with van der Waals surface area (Å²) in [6.45, 7) is 2.09. The van der Waals surface area contributed by atoms with E-state index in [1.165, 1.54) is 12.1 Å². The molecule has 4 nitrogen and oxygen atoms in total. The summed E-state index contributed by atoms with van der Waals surface area (Å²) in [5.41, 5.74) is 8.03. The second-order valence-electron chi connectivity index (χ2n) is 5.74. The van der Waals surface area contributed by atoms with E-state index >= 15 is 0 Å². The van der Waals surface area contributed by atoms with Gasteiger partial charge in [0.05, 0.1) is 15.5 Å². The van der Waals surface area contributed by atoms with Crippen LogP contribution in [0.5, 0.6) is 5.75 Å². The topological polar surface area (TPSA) is 69.4 Å². The molecule has 3 aromatic rings. The lowest BCUT2D eigenvalue weighted by molar-refractivity contribution is 0.307. The van der Waals surface area contributed by atoms with Crippen molar-refractivity contribution in [1.29, 1.82) is 0 Å². The summed E-state index contributed by atoms with van der Waals surface area (Å²) in [5.74, 6) is 0.360. The van der Waals surface area contributed by atoms with Crippen LogP contribution in [-0.4, -0.2) is 8.42 Å². The molecule has 0 bridgehead atoms. The van der Waals surface area contributed by atoms with E-state index in [4.69, 9.17) is 10.5 Å². The molecule has 5 heteroatoms. The third-order valence-corrected chi connectivity index (χ3v) is 5.83. The molecule has 0 spiro atoms. The van der Waals surface area contributed by atoms with Crippen molar-refractivity contribution in [1.82, 2.24) is 0 Å². The third kappa shape index (κ3) is 3.67. The van der Waals surface area contributed by atoms with Crippen LogP contribution in [-0.2, 0) is 16.4 Å². The number of nitrogens with two attached hydrogens (primary N) is 1. The molecule has 128 valence electrons. The fourth-order valence-electron chi connectivity index (χ4n) is 2.53. The van der Waals surface area contributed by atoms with Crippen LogP contribution in [0.1, 0.15) is 11.1 Å². The Hall–Kier alpha value is -2.79. The summed E-state index contributed by atoms with van der Waals surface area (Å²) < 4.78 is 31.5. The first kappa shape index (κ1) is 17.0. The van der Waals surface area contributed by atoms with Crippen molar-refractivity contribution in [3.8, 4) is 5.75 Å². The molecule has 3 aromatic carbocycles. The highest BCUT2D eigenvalue weighted by Gasteiger charge is 2.21. The van der Waals surface area contributed by atoms with Crippen molar-refractivity contribution < 1.29 is 13.2 Å². The van der Waals surface area contributed by atoms with Crippen molar-refractivity contribution in [3.05, 3.63) is 83.9 Å². The van der Waals surface area contributed by atoms with E-state index in [1.807, 2.05) is 36.4 Å². The minimum absolute atomic E-state index is 0.166. The van der Waals surface area contributed by atoms with E-state index in [0.717, 1.165) is 5.56 Å². The quantitative estimate of drug-likeness (QED) is 0.704. The van der Waals surface area contributed by atoms with E-state index in [-0.39, 0.29) is 9.79 Å². The van der Waals surface area contributed by atoms with Crippen molar-refractivity contribution in [2.45, 2.75) is 23.3 Å². The van der Waals surface area contributed by atoms with E-state index in [2.05, 4.69) is 0 Å². The Kier molecular flexibility index (Phi) is 4.76. The number of rotatable bonds is 5. The molecule has 0 heterocycles. The van der Waals surface area contributed by atoms with Gasteiger partial charge in [-0.1, -0.05) is 48.5 Å². The summed E-state index contributed by atoms with van der Waals surface area (Å²) >= 11 is 0. The predicted molar refractivity (Wildman–Crippen MR) is 98.3 cm³/mol. The van der Waals surface area contributed by atoms with E-state index < -0.39 is 9.84 Å². The third-order valence-electron chi connectivity index (χ3n) is 3.92. The lowest BCUT2D eigenvalue weighted by atomic mass is 10.2. The van der Waals surface area contributed by atoms with Crippen molar-refractivity contribution in [2.24, 2.45) is 0 Å². The maximum Gasteiger partial charge on any atom is 0.206 e. The van der Waals surface area contributed by atoms with Crippen LogP contribution < -0.4 is 10.5 Å². The Morgan fingerprint density at radius 2 is 1.60 bits per heavy atom. The monoisotopic (exact) mass is 353 g/mol. The Balaban J connectivity index is 1.92. The van der Waals surface area contributed by atoms with Gasteiger partial charge in [0, 0.05) is 6.07 Å². The van der Waals surface area contributed by atoms with Crippen LogP contribution in [0, 0.1) is 6.92 Å². The van der Waals surface area contributed by atoms with Gasteiger partial charge < -0.3 is 10.5 Å². The SMILES string of the molecule is Cc1ccccc1S(=O)(=O)c1ccc(N)c(OCc2ccccc2)c1. The summed E-state index contributed by atoms with van der Waals surface area (Å²) in [4.78, 5) is 0.452. The van der Waals surface area contributed by atoms with E-state index in [0.29, 0.717) is 23.6 Å².